The molecule has 160 valence electrons. The van der Waals surface area contributed by atoms with Crippen LogP contribution >= 0.6 is 0 Å². The molecular formula is C24H24FN3O2S. The molecule has 0 aliphatic carbocycles. The molecule has 5 nitrogen and oxygen atoms in total. The lowest BCUT2D eigenvalue weighted by molar-refractivity contribution is 0.459. The zero-order valence-corrected chi connectivity index (χ0v) is 18.4. The minimum atomic E-state index is -1.32. The number of rotatable bonds is 6. The number of nitrogens with zero attached hydrogens (tertiary/aromatic N) is 2. The van der Waals surface area contributed by atoms with Crippen molar-refractivity contribution >= 4 is 22.0 Å². The molecule has 7 heteroatoms. The quantitative estimate of drug-likeness (QED) is 0.441. The summed E-state index contributed by atoms with van der Waals surface area (Å²) >= 11 is 0. The average molecular weight is 438 g/mol. The maximum atomic E-state index is 13.4. The third-order valence-electron chi connectivity index (χ3n) is 4.98. The first-order valence-corrected chi connectivity index (χ1v) is 11.2. The van der Waals surface area contributed by atoms with Gasteiger partial charge in [0.1, 0.15) is 11.5 Å². The van der Waals surface area contributed by atoms with Gasteiger partial charge in [0.15, 0.2) is 5.58 Å². The Morgan fingerprint density at radius 2 is 1.81 bits per heavy atom. The highest BCUT2D eigenvalue weighted by Crippen LogP contribution is 2.34. The minimum Gasteiger partial charge on any atom is -0.356 e. The number of nitrogens with one attached hydrogen (secondary N) is 1. The van der Waals surface area contributed by atoms with E-state index in [2.05, 4.69) is 14.9 Å². The molecule has 2 aromatic heterocycles. The fraction of sp³-hybridized carbons (Fsp3) is 0.250. The lowest BCUT2D eigenvalue weighted by Gasteiger charge is -2.26. The second-order valence-electron chi connectivity index (χ2n) is 8.34. The molecule has 0 radical (unpaired) electrons. The van der Waals surface area contributed by atoms with E-state index in [4.69, 9.17) is 4.52 Å². The minimum absolute atomic E-state index is 0.329. The predicted octanol–water partition coefficient (Wildman–Crippen LogP) is 5.36. The van der Waals surface area contributed by atoms with Crippen molar-refractivity contribution in [1.29, 1.82) is 0 Å². The van der Waals surface area contributed by atoms with Crippen molar-refractivity contribution in [3.05, 3.63) is 83.9 Å². The Morgan fingerprint density at radius 1 is 1.06 bits per heavy atom. The molecule has 0 saturated carbocycles. The maximum absolute atomic E-state index is 13.4. The van der Waals surface area contributed by atoms with Crippen LogP contribution < -0.4 is 4.72 Å². The summed E-state index contributed by atoms with van der Waals surface area (Å²) in [5.74, 6) is -0.388. The Bertz CT molecular complexity index is 1220. The largest absolute Gasteiger partial charge is 0.356 e. The van der Waals surface area contributed by atoms with Crippen molar-refractivity contribution in [3.8, 4) is 11.3 Å². The Balaban J connectivity index is 1.79. The van der Waals surface area contributed by atoms with Gasteiger partial charge in [0.25, 0.3) is 0 Å². The molecule has 0 saturated heterocycles. The van der Waals surface area contributed by atoms with E-state index in [-0.39, 0.29) is 11.9 Å². The van der Waals surface area contributed by atoms with Crippen molar-refractivity contribution in [2.45, 2.75) is 38.0 Å². The normalized spacial score (nSPS) is 13.9. The van der Waals surface area contributed by atoms with E-state index in [1.807, 2.05) is 69.3 Å². The van der Waals surface area contributed by atoms with Crippen LogP contribution in [0.5, 0.6) is 0 Å². The van der Waals surface area contributed by atoms with Gasteiger partial charge in [-0.15, -0.1) is 0 Å². The van der Waals surface area contributed by atoms with Gasteiger partial charge >= 0.3 is 0 Å². The number of halogens is 1. The van der Waals surface area contributed by atoms with Crippen LogP contribution in [0.3, 0.4) is 0 Å². The number of benzene rings is 2. The van der Waals surface area contributed by atoms with Gasteiger partial charge in [0, 0.05) is 23.1 Å². The molecule has 4 aromatic rings. The van der Waals surface area contributed by atoms with Gasteiger partial charge in [-0.1, -0.05) is 41.6 Å². The van der Waals surface area contributed by atoms with Crippen LogP contribution in [0.2, 0.25) is 0 Å². The Kier molecular flexibility index (Phi) is 5.98. The van der Waals surface area contributed by atoms with Gasteiger partial charge in [-0.05, 0) is 50.6 Å². The SMILES string of the molecule is CC(C)(C)S(=O)NC(Cc1ccc(F)cn1)c1ccccc1-c1noc2ccccc12. The van der Waals surface area contributed by atoms with Gasteiger partial charge in [0.2, 0.25) is 0 Å². The van der Waals surface area contributed by atoms with Crippen molar-refractivity contribution in [3.63, 3.8) is 0 Å². The van der Waals surface area contributed by atoms with Gasteiger partial charge in [-0.3, -0.25) is 4.98 Å². The third kappa shape index (κ3) is 4.73. The zero-order chi connectivity index (χ0) is 22.0. The van der Waals surface area contributed by atoms with E-state index in [1.54, 1.807) is 6.07 Å². The van der Waals surface area contributed by atoms with Crippen LogP contribution in [-0.4, -0.2) is 19.1 Å². The number of hydrogen-bond donors (Lipinski definition) is 1. The van der Waals surface area contributed by atoms with Crippen LogP contribution in [0.4, 0.5) is 4.39 Å². The van der Waals surface area contributed by atoms with Gasteiger partial charge in [-0.25, -0.2) is 13.3 Å². The Hall–Kier alpha value is -2.90. The second kappa shape index (κ2) is 8.69. The summed E-state index contributed by atoms with van der Waals surface area (Å²) in [6.45, 7) is 5.75. The monoisotopic (exact) mass is 437 g/mol. The number of hydrogen-bond acceptors (Lipinski definition) is 4. The third-order valence-corrected chi connectivity index (χ3v) is 6.59. The molecule has 2 atom stereocenters. The van der Waals surface area contributed by atoms with Crippen molar-refractivity contribution in [2.24, 2.45) is 0 Å². The van der Waals surface area contributed by atoms with Gasteiger partial charge in [-0.2, -0.15) is 0 Å². The molecule has 0 bridgehead atoms. The van der Waals surface area contributed by atoms with Crippen molar-refractivity contribution in [1.82, 2.24) is 14.9 Å². The average Bonchev–Trinajstić information content (AvgIpc) is 3.18. The molecular weight excluding hydrogens is 413 g/mol. The molecule has 0 aliphatic heterocycles. The van der Waals surface area contributed by atoms with Crippen LogP contribution in [0.15, 0.2) is 71.4 Å². The number of aromatic nitrogens is 2. The fourth-order valence-electron chi connectivity index (χ4n) is 3.35. The lowest BCUT2D eigenvalue weighted by Crippen LogP contribution is -2.36. The highest BCUT2D eigenvalue weighted by atomic mass is 32.2. The molecule has 2 aromatic carbocycles. The predicted molar refractivity (Wildman–Crippen MR) is 121 cm³/mol. The first-order chi connectivity index (χ1) is 14.8. The van der Waals surface area contributed by atoms with Crippen LogP contribution in [0.25, 0.3) is 22.2 Å². The topological polar surface area (TPSA) is 68.0 Å². The smallest absolute Gasteiger partial charge is 0.167 e. The zero-order valence-electron chi connectivity index (χ0n) is 17.6. The highest BCUT2D eigenvalue weighted by Gasteiger charge is 2.26. The van der Waals surface area contributed by atoms with Crippen molar-refractivity contribution in [2.75, 3.05) is 0 Å². The standard InChI is InChI=1S/C24H24FN3O2S/c1-24(2,3)31(29)28-21(14-17-13-12-16(25)15-26-17)18-8-4-5-9-19(18)23-20-10-6-7-11-22(20)30-27-23/h4-13,15,21,28H,14H2,1-3H3. The van der Waals surface area contributed by atoms with Crippen LogP contribution in [0.1, 0.15) is 38.1 Å². The summed E-state index contributed by atoms with van der Waals surface area (Å²) in [7, 11) is -1.32. The number of fused-ring (bicyclic) bond motifs is 1. The number of pyridine rings is 1. The molecule has 0 fully saturated rings. The molecule has 2 unspecified atom stereocenters. The van der Waals surface area contributed by atoms with E-state index in [1.165, 1.54) is 12.3 Å². The van der Waals surface area contributed by atoms with Crippen LogP contribution in [0, 0.1) is 5.82 Å². The lowest BCUT2D eigenvalue weighted by atomic mass is 9.94. The highest BCUT2D eigenvalue weighted by molar-refractivity contribution is 7.84. The Labute approximate surface area is 183 Å². The summed E-state index contributed by atoms with van der Waals surface area (Å²) in [6.07, 6.45) is 1.64. The molecule has 0 spiro atoms. The van der Waals surface area contributed by atoms with Crippen molar-refractivity contribution < 1.29 is 13.1 Å². The van der Waals surface area contributed by atoms with E-state index in [9.17, 15) is 8.60 Å². The summed E-state index contributed by atoms with van der Waals surface area (Å²) < 4.78 is 34.7. The molecule has 4 rings (SSSR count). The first kappa shape index (κ1) is 21.3. The van der Waals surface area contributed by atoms with E-state index in [0.717, 1.165) is 22.2 Å². The summed E-state index contributed by atoms with van der Waals surface area (Å²) in [6, 6.07) is 18.2. The summed E-state index contributed by atoms with van der Waals surface area (Å²) in [4.78, 5) is 4.21. The maximum Gasteiger partial charge on any atom is 0.167 e. The first-order valence-electron chi connectivity index (χ1n) is 10.0. The molecule has 0 aliphatic rings. The summed E-state index contributed by atoms with van der Waals surface area (Å²) in [5.41, 5.74) is 3.94. The fourth-order valence-corrected chi connectivity index (χ4v) is 4.18. The van der Waals surface area contributed by atoms with E-state index < -0.39 is 15.7 Å². The van der Waals surface area contributed by atoms with E-state index in [0.29, 0.717) is 17.7 Å². The molecule has 2 heterocycles. The number of para-hydroxylation sites is 1. The molecule has 0 amide bonds. The molecule has 1 N–H and O–H groups in total. The van der Waals surface area contributed by atoms with Crippen LogP contribution in [-0.2, 0) is 17.4 Å². The molecule has 31 heavy (non-hydrogen) atoms. The Morgan fingerprint density at radius 3 is 2.55 bits per heavy atom. The van der Waals surface area contributed by atoms with Gasteiger partial charge in [0.05, 0.1) is 28.0 Å². The summed E-state index contributed by atoms with van der Waals surface area (Å²) in [5, 5.41) is 5.22. The second-order valence-corrected chi connectivity index (χ2v) is 10.3. The van der Waals surface area contributed by atoms with E-state index >= 15 is 0 Å². The van der Waals surface area contributed by atoms with Gasteiger partial charge < -0.3 is 4.52 Å².